The second-order valence-electron chi connectivity index (χ2n) is 6.11. The van der Waals surface area contributed by atoms with Crippen LogP contribution >= 0.6 is 11.6 Å². The monoisotopic (exact) mass is 396 g/mol. The number of nitrogens with one attached hydrogen (secondary N) is 1. The Labute approximate surface area is 156 Å². The van der Waals surface area contributed by atoms with E-state index in [4.69, 9.17) is 11.6 Å². The maximum Gasteiger partial charge on any atom is 0.243 e. The molecule has 0 aromatic heterocycles. The van der Waals surface area contributed by atoms with E-state index in [9.17, 15) is 17.6 Å². The third-order valence-corrected chi connectivity index (χ3v) is 6.61. The molecule has 2 aromatic carbocycles. The number of rotatable bonds is 4. The summed E-state index contributed by atoms with van der Waals surface area (Å²) in [6, 6.07) is 12.3. The van der Waals surface area contributed by atoms with Gasteiger partial charge in [-0.1, -0.05) is 29.8 Å². The molecule has 1 amide bonds. The molecule has 1 aliphatic rings. The number of piperidine rings is 1. The summed E-state index contributed by atoms with van der Waals surface area (Å²) in [5.74, 6) is -1.17. The highest BCUT2D eigenvalue weighted by Crippen LogP contribution is 2.25. The zero-order chi connectivity index (χ0) is 18.7. The van der Waals surface area contributed by atoms with Crippen molar-refractivity contribution in [1.82, 2.24) is 4.31 Å². The predicted molar refractivity (Wildman–Crippen MR) is 98.0 cm³/mol. The highest BCUT2D eigenvalue weighted by molar-refractivity contribution is 7.89. The first-order chi connectivity index (χ1) is 12.4. The van der Waals surface area contributed by atoms with Crippen molar-refractivity contribution in [3.05, 3.63) is 59.4 Å². The maximum atomic E-state index is 13.5. The van der Waals surface area contributed by atoms with Crippen LogP contribution in [0.4, 0.5) is 10.1 Å². The van der Waals surface area contributed by atoms with Crippen LogP contribution in [-0.4, -0.2) is 31.7 Å². The smallest absolute Gasteiger partial charge is 0.243 e. The number of sulfonamides is 1. The Kier molecular flexibility index (Phi) is 5.60. The second-order valence-corrected chi connectivity index (χ2v) is 8.45. The zero-order valence-electron chi connectivity index (χ0n) is 13.9. The fourth-order valence-electron chi connectivity index (χ4n) is 2.92. The number of hydrogen-bond acceptors (Lipinski definition) is 3. The fraction of sp³-hybridized carbons (Fsp3) is 0.278. The van der Waals surface area contributed by atoms with Gasteiger partial charge in [0.25, 0.3) is 0 Å². The largest absolute Gasteiger partial charge is 0.326 e. The van der Waals surface area contributed by atoms with E-state index < -0.39 is 15.8 Å². The Morgan fingerprint density at radius 1 is 1.12 bits per heavy atom. The van der Waals surface area contributed by atoms with E-state index >= 15 is 0 Å². The molecule has 0 bridgehead atoms. The first-order valence-corrected chi connectivity index (χ1v) is 10.0. The molecule has 0 saturated carbocycles. The fourth-order valence-corrected chi connectivity index (χ4v) is 4.53. The summed E-state index contributed by atoms with van der Waals surface area (Å²) in [4.78, 5) is 12.6. The van der Waals surface area contributed by atoms with Crippen molar-refractivity contribution >= 4 is 33.2 Å². The minimum Gasteiger partial charge on any atom is -0.326 e. The lowest BCUT2D eigenvalue weighted by Crippen LogP contribution is -2.41. The van der Waals surface area contributed by atoms with Crippen LogP contribution in [0.3, 0.4) is 0 Å². The quantitative estimate of drug-likeness (QED) is 0.859. The summed E-state index contributed by atoms with van der Waals surface area (Å²) in [6.07, 6.45) is 0.821. The molecule has 1 aliphatic heterocycles. The molecule has 1 fully saturated rings. The second kappa shape index (κ2) is 7.73. The number of hydrogen-bond donors (Lipinski definition) is 1. The standard InChI is InChI=1S/C18H18ClFN2O3S/c19-16-7-6-14(12-17(16)20)21-18(23)13-8-10-22(11-9-13)26(24,25)15-4-2-1-3-5-15/h1-7,12-13H,8-11H2,(H,21,23). The van der Waals surface area contributed by atoms with Crippen molar-refractivity contribution in [3.63, 3.8) is 0 Å². The van der Waals surface area contributed by atoms with E-state index in [0.717, 1.165) is 6.07 Å². The Bertz CT molecular complexity index is 898. The summed E-state index contributed by atoms with van der Waals surface area (Å²) >= 11 is 5.63. The van der Waals surface area contributed by atoms with Gasteiger partial charge >= 0.3 is 0 Å². The van der Waals surface area contributed by atoms with Crippen molar-refractivity contribution in [2.45, 2.75) is 17.7 Å². The van der Waals surface area contributed by atoms with Crippen molar-refractivity contribution in [2.75, 3.05) is 18.4 Å². The van der Waals surface area contributed by atoms with E-state index in [1.165, 1.54) is 16.4 Å². The summed E-state index contributed by atoms with van der Waals surface area (Å²) < 4.78 is 40.0. The predicted octanol–water partition coefficient (Wildman–Crippen LogP) is 3.52. The number of benzene rings is 2. The Morgan fingerprint density at radius 3 is 2.38 bits per heavy atom. The molecule has 1 heterocycles. The zero-order valence-corrected chi connectivity index (χ0v) is 15.4. The van der Waals surface area contributed by atoms with Gasteiger partial charge in [0.2, 0.25) is 15.9 Å². The average molecular weight is 397 g/mol. The highest BCUT2D eigenvalue weighted by atomic mass is 35.5. The van der Waals surface area contributed by atoms with Crippen LogP contribution in [-0.2, 0) is 14.8 Å². The van der Waals surface area contributed by atoms with E-state index in [0.29, 0.717) is 18.5 Å². The van der Waals surface area contributed by atoms with Gasteiger partial charge in [-0.05, 0) is 43.2 Å². The maximum absolute atomic E-state index is 13.5. The molecule has 0 aliphatic carbocycles. The van der Waals surface area contributed by atoms with Crippen LogP contribution in [0, 0.1) is 11.7 Å². The number of halogens is 2. The van der Waals surface area contributed by atoms with Crippen molar-refractivity contribution in [3.8, 4) is 0 Å². The van der Waals surface area contributed by atoms with Gasteiger partial charge in [-0.3, -0.25) is 4.79 Å². The summed E-state index contributed by atoms with van der Waals surface area (Å²) in [5, 5.41) is 2.65. The van der Waals surface area contributed by atoms with Crippen LogP contribution < -0.4 is 5.32 Å². The number of amides is 1. The van der Waals surface area contributed by atoms with Crippen molar-refractivity contribution in [1.29, 1.82) is 0 Å². The molecule has 0 atom stereocenters. The SMILES string of the molecule is O=C(Nc1ccc(Cl)c(F)c1)C1CCN(S(=O)(=O)c2ccccc2)CC1. The van der Waals surface area contributed by atoms with Gasteiger partial charge in [-0.2, -0.15) is 4.31 Å². The van der Waals surface area contributed by atoms with E-state index in [2.05, 4.69) is 5.32 Å². The summed E-state index contributed by atoms with van der Waals surface area (Å²) in [5.41, 5.74) is 0.330. The molecule has 2 aromatic rings. The molecular formula is C18H18ClFN2O3S. The van der Waals surface area contributed by atoms with E-state index in [1.807, 2.05) is 0 Å². The molecule has 1 N–H and O–H groups in total. The molecular weight excluding hydrogens is 379 g/mol. The Balaban J connectivity index is 1.61. The molecule has 8 heteroatoms. The van der Waals surface area contributed by atoms with Gasteiger partial charge in [0.05, 0.1) is 9.92 Å². The van der Waals surface area contributed by atoms with Crippen molar-refractivity contribution < 1.29 is 17.6 Å². The summed E-state index contributed by atoms with van der Waals surface area (Å²) in [7, 11) is -3.54. The topological polar surface area (TPSA) is 66.5 Å². The van der Waals surface area contributed by atoms with Gasteiger partial charge < -0.3 is 5.32 Å². The minimum absolute atomic E-state index is 0.0116. The lowest BCUT2D eigenvalue weighted by atomic mass is 9.97. The molecule has 5 nitrogen and oxygen atoms in total. The van der Waals surface area contributed by atoms with Crippen LogP contribution in [0.2, 0.25) is 5.02 Å². The molecule has 138 valence electrons. The van der Waals surface area contributed by atoms with Crippen molar-refractivity contribution in [2.24, 2.45) is 5.92 Å². The third-order valence-electron chi connectivity index (χ3n) is 4.39. The van der Waals surface area contributed by atoms with E-state index in [-0.39, 0.29) is 34.8 Å². The minimum atomic E-state index is -3.54. The Morgan fingerprint density at radius 2 is 1.77 bits per heavy atom. The first-order valence-electron chi connectivity index (χ1n) is 8.19. The average Bonchev–Trinajstić information content (AvgIpc) is 2.65. The lowest BCUT2D eigenvalue weighted by molar-refractivity contribution is -0.120. The molecule has 1 saturated heterocycles. The normalized spacial score (nSPS) is 16.4. The van der Waals surface area contributed by atoms with Gasteiger partial charge in [0.1, 0.15) is 5.82 Å². The number of carbonyl (C=O) groups is 1. The van der Waals surface area contributed by atoms with Crippen LogP contribution in [0.25, 0.3) is 0 Å². The van der Waals surface area contributed by atoms with Crippen LogP contribution in [0.1, 0.15) is 12.8 Å². The third kappa shape index (κ3) is 4.06. The first kappa shape index (κ1) is 18.8. The van der Waals surface area contributed by atoms with Gasteiger partial charge in [0.15, 0.2) is 0 Å². The van der Waals surface area contributed by atoms with Crippen LogP contribution in [0.5, 0.6) is 0 Å². The number of nitrogens with zero attached hydrogens (tertiary/aromatic N) is 1. The summed E-state index contributed by atoms with van der Waals surface area (Å²) in [6.45, 7) is 0.536. The number of anilines is 1. The highest BCUT2D eigenvalue weighted by Gasteiger charge is 2.32. The van der Waals surface area contributed by atoms with E-state index in [1.54, 1.807) is 30.3 Å². The molecule has 26 heavy (non-hydrogen) atoms. The molecule has 0 unspecified atom stereocenters. The molecule has 0 radical (unpaired) electrons. The van der Waals surface area contributed by atoms with Gasteiger partial charge in [-0.15, -0.1) is 0 Å². The van der Waals surface area contributed by atoms with Gasteiger partial charge in [-0.25, -0.2) is 12.8 Å². The van der Waals surface area contributed by atoms with Crippen LogP contribution in [0.15, 0.2) is 53.4 Å². The number of carbonyl (C=O) groups excluding carboxylic acids is 1. The lowest BCUT2D eigenvalue weighted by Gasteiger charge is -2.30. The Hall–Kier alpha value is -1.96. The van der Waals surface area contributed by atoms with Gasteiger partial charge in [0, 0.05) is 24.7 Å². The molecule has 3 rings (SSSR count). The molecule has 0 spiro atoms.